The summed E-state index contributed by atoms with van der Waals surface area (Å²) in [5.41, 5.74) is 1.74. The van der Waals surface area contributed by atoms with Gasteiger partial charge in [0.15, 0.2) is 18.2 Å². The molecular weight excluding hydrogens is 372 g/mol. The predicted molar refractivity (Wildman–Crippen MR) is 96.9 cm³/mol. The third kappa shape index (κ3) is 5.48. The Hall–Kier alpha value is -2.52. The monoisotopic (exact) mass is 394 g/mol. The first-order valence-electron chi connectivity index (χ1n) is 8.45. The maximum Gasteiger partial charge on any atom is 0.321 e. The lowest BCUT2D eigenvalue weighted by molar-refractivity contribution is -0.141. The first-order valence-corrected chi connectivity index (χ1v) is 9.93. The highest BCUT2D eigenvalue weighted by molar-refractivity contribution is 7.89. The van der Waals surface area contributed by atoms with E-state index in [2.05, 4.69) is 16.8 Å². The van der Waals surface area contributed by atoms with E-state index >= 15 is 0 Å². The molecule has 0 spiro atoms. The number of ether oxygens (including phenoxy) is 1. The zero-order valence-corrected chi connectivity index (χ0v) is 16.3. The van der Waals surface area contributed by atoms with Crippen molar-refractivity contribution in [1.82, 2.24) is 9.88 Å². The standard InChI is InChI=1S/C18H22N2O6S/c1-4-5-14-6-8-15(9-7-14)16(21)11-25-17(22)10-19-27(23,24)18-12(2)20-26-13(18)3/h6-9,19H,4-5,10-11H2,1-3H3. The number of hydrogen-bond donors (Lipinski definition) is 1. The zero-order chi connectivity index (χ0) is 20.0. The van der Waals surface area contributed by atoms with Crippen LogP contribution in [-0.2, 0) is 26.0 Å². The fourth-order valence-electron chi connectivity index (χ4n) is 2.51. The summed E-state index contributed by atoms with van der Waals surface area (Å²) in [4.78, 5) is 23.7. The minimum absolute atomic E-state index is 0.112. The lowest BCUT2D eigenvalue weighted by Crippen LogP contribution is -2.32. The summed E-state index contributed by atoms with van der Waals surface area (Å²) in [5.74, 6) is -1.10. The van der Waals surface area contributed by atoms with Crippen molar-refractivity contribution >= 4 is 21.8 Å². The number of Topliss-reactive ketones (excluding diaryl/α,β-unsaturated/α-hetero) is 1. The van der Waals surface area contributed by atoms with Crippen LogP contribution in [0.4, 0.5) is 0 Å². The normalized spacial score (nSPS) is 11.4. The molecular formula is C18H22N2O6S. The molecule has 27 heavy (non-hydrogen) atoms. The van der Waals surface area contributed by atoms with Crippen LogP contribution in [0.2, 0.25) is 0 Å². The summed E-state index contributed by atoms with van der Waals surface area (Å²) in [7, 11) is -3.97. The van der Waals surface area contributed by atoms with E-state index in [1.54, 1.807) is 12.1 Å². The Morgan fingerprint density at radius 2 is 1.85 bits per heavy atom. The molecule has 2 rings (SSSR count). The highest BCUT2D eigenvalue weighted by Gasteiger charge is 2.25. The van der Waals surface area contributed by atoms with E-state index in [0.29, 0.717) is 5.56 Å². The number of aromatic nitrogens is 1. The van der Waals surface area contributed by atoms with Gasteiger partial charge in [0.05, 0.1) is 0 Å². The van der Waals surface area contributed by atoms with Crippen molar-refractivity contribution in [3.63, 3.8) is 0 Å². The molecule has 0 radical (unpaired) electrons. The van der Waals surface area contributed by atoms with E-state index in [1.165, 1.54) is 13.8 Å². The molecule has 0 saturated heterocycles. The Bertz CT molecular complexity index is 896. The number of hydrogen-bond acceptors (Lipinski definition) is 7. The number of carbonyl (C=O) groups is 2. The van der Waals surface area contributed by atoms with E-state index in [1.807, 2.05) is 12.1 Å². The number of rotatable bonds is 9. The molecule has 146 valence electrons. The Kier molecular flexibility index (Phi) is 6.86. The maximum absolute atomic E-state index is 12.2. The highest BCUT2D eigenvalue weighted by Crippen LogP contribution is 2.18. The van der Waals surface area contributed by atoms with Crippen LogP contribution < -0.4 is 4.72 Å². The molecule has 0 aliphatic carbocycles. The van der Waals surface area contributed by atoms with E-state index in [4.69, 9.17) is 9.26 Å². The Balaban J connectivity index is 1.86. The van der Waals surface area contributed by atoms with E-state index < -0.39 is 29.1 Å². The number of benzene rings is 1. The van der Waals surface area contributed by atoms with Crippen LogP contribution in [0.1, 0.15) is 40.7 Å². The first-order chi connectivity index (χ1) is 12.7. The molecule has 2 aromatic rings. The van der Waals surface area contributed by atoms with Crippen LogP contribution in [-0.4, -0.2) is 38.5 Å². The summed E-state index contributed by atoms with van der Waals surface area (Å²) in [6.07, 6.45) is 1.93. The number of esters is 1. The molecule has 8 nitrogen and oxygen atoms in total. The van der Waals surface area contributed by atoms with E-state index in [0.717, 1.165) is 18.4 Å². The quantitative estimate of drug-likeness (QED) is 0.510. The average molecular weight is 394 g/mol. The average Bonchev–Trinajstić information content (AvgIpc) is 2.98. The van der Waals surface area contributed by atoms with Crippen molar-refractivity contribution in [3.05, 3.63) is 46.8 Å². The van der Waals surface area contributed by atoms with Gasteiger partial charge >= 0.3 is 5.97 Å². The number of ketones is 1. The van der Waals surface area contributed by atoms with E-state index in [9.17, 15) is 18.0 Å². The SMILES string of the molecule is CCCc1ccc(C(=O)COC(=O)CNS(=O)(=O)c2c(C)noc2C)cc1. The van der Waals surface area contributed by atoms with Gasteiger partial charge in [0.1, 0.15) is 17.1 Å². The van der Waals surface area contributed by atoms with Crippen molar-refractivity contribution < 1.29 is 27.3 Å². The second-order valence-electron chi connectivity index (χ2n) is 6.01. The minimum Gasteiger partial charge on any atom is -0.456 e. The van der Waals surface area contributed by atoms with Crippen molar-refractivity contribution in [3.8, 4) is 0 Å². The van der Waals surface area contributed by atoms with Gasteiger partial charge in [-0.05, 0) is 25.8 Å². The third-order valence-corrected chi connectivity index (χ3v) is 5.47. The van der Waals surface area contributed by atoms with Gasteiger partial charge < -0.3 is 9.26 Å². The van der Waals surface area contributed by atoms with Gasteiger partial charge in [-0.3, -0.25) is 9.59 Å². The first kappa shape index (κ1) is 20.8. The van der Waals surface area contributed by atoms with Gasteiger partial charge in [0.25, 0.3) is 0 Å². The van der Waals surface area contributed by atoms with Gasteiger partial charge in [-0.25, -0.2) is 8.42 Å². The largest absolute Gasteiger partial charge is 0.456 e. The van der Waals surface area contributed by atoms with Crippen LogP contribution in [0.5, 0.6) is 0 Å². The van der Waals surface area contributed by atoms with Crippen LogP contribution in [0, 0.1) is 13.8 Å². The summed E-state index contributed by atoms with van der Waals surface area (Å²) in [5, 5.41) is 3.57. The lowest BCUT2D eigenvalue weighted by Gasteiger charge is -2.07. The van der Waals surface area contributed by atoms with Crippen molar-refractivity contribution in [2.75, 3.05) is 13.2 Å². The van der Waals surface area contributed by atoms with Crippen LogP contribution in [0.15, 0.2) is 33.7 Å². The second-order valence-corrected chi connectivity index (χ2v) is 7.71. The number of carbonyl (C=O) groups excluding carboxylic acids is 2. The number of nitrogens with one attached hydrogen (secondary N) is 1. The molecule has 0 unspecified atom stereocenters. The molecule has 0 atom stereocenters. The smallest absolute Gasteiger partial charge is 0.321 e. The van der Waals surface area contributed by atoms with Gasteiger partial charge in [-0.15, -0.1) is 0 Å². The maximum atomic E-state index is 12.2. The summed E-state index contributed by atoms with van der Waals surface area (Å²) in [6, 6.07) is 7.08. The molecule has 0 aliphatic heterocycles. The molecule has 1 aromatic heterocycles. The van der Waals surface area contributed by atoms with Crippen LogP contribution in [0.3, 0.4) is 0 Å². The van der Waals surface area contributed by atoms with Gasteiger partial charge in [-0.1, -0.05) is 42.8 Å². The Morgan fingerprint density at radius 1 is 1.19 bits per heavy atom. The van der Waals surface area contributed by atoms with Crippen molar-refractivity contribution in [2.24, 2.45) is 0 Å². The number of aryl methyl sites for hydroxylation is 3. The van der Waals surface area contributed by atoms with Crippen LogP contribution >= 0.6 is 0 Å². The van der Waals surface area contributed by atoms with Crippen LogP contribution in [0.25, 0.3) is 0 Å². The lowest BCUT2D eigenvalue weighted by atomic mass is 10.1. The van der Waals surface area contributed by atoms with Gasteiger partial charge in [-0.2, -0.15) is 4.72 Å². The van der Waals surface area contributed by atoms with E-state index in [-0.39, 0.29) is 22.1 Å². The molecule has 0 bridgehead atoms. The zero-order valence-electron chi connectivity index (χ0n) is 15.4. The van der Waals surface area contributed by atoms with Gasteiger partial charge in [0, 0.05) is 5.56 Å². The minimum atomic E-state index is -3.97. The van der Waals surface area contributed by atoms with Crippen molar-refractivity contribution in [2.45, 2.75) is 38.5 Å². The molecule has 0 aliphatic rings. The Morgan fingerprint density at radius 3 is 2.41 bits per heavy atom. The fourth-order valence-corrected chi connectivity index (χ4v) is 3.80. The van der Waals surface area contributed by atoms with Gasteiger partial charge in [0.2, 0.25) is 10.0 Å². The highest BCUT2D eigenvalue weighted by atomic mass is 32.2. The summed E-state index contributed by atoms with van der Waals surface area (Å²) in [6.45, 7) is 3.94. The van der Waals surface area contributed by atoms with Crippen molar-refractivity contribution in [1.29, 1.82) is 0 Å². The summed E-state index contributed by atoms with van der Waals surface area (Å²) >= 11 is 0. The molecule has 0 fully saturated rings. The molecule has 9 heteroatoms. The molecule has 0 saturated carbocycles. The number of nitrogens with zero attached hydrogens (tertiary/aromatic N) is 1. The fraction of sp³-hybridized carbons (Fsp3) is 0.389. The molecule has 1 N–H and O–H groups in total. The molecule has 1 heterocycles. The summed E-state index contributed by atoms with van der Waals surface area (Å²) < 4.78 is 36.2. The number of sulfonamides is 1. The predicted octanol–water partition coefficient (Wildman–Crippen LogP) is 1.95. The molecule has 0 amide bonds. The topological polar surface area (TPSA) is 116 Å². The Labute approximate surface area is 157 Å². The molecule has 1 aromatic carbocycles. The third-order valence-electron chi connectivity index (χ3n) is 3.82. The second kappa shape index (κ2) is 8.92.